The highest BCUT2D eigenvalue weighted by Crippen LogP contribution is 2.79. The van der Waals surface area contributed by atoms with Crippen molar-refractivity contribution in [1.82, 2.24) is 4.90 Å². The van der Waals surface area contributed by atoms with Gasteiger partial charge in [-0.1, -0.05) is 26.0 Å². The van der Waals surface area contributed by atoms with Crippen molar-refractivity contribution >= 4 is 5.97 Å². The number of carbonyl (C=O) groups excluding carboxylic acids is 1. The highest BCUT2D eigenvalue weighted by molar-refractivity contribution is 5.66. The summed E-state index contributed by atoms with van der Waals surface area (Å²) in [5.74, 6) is -1.20. The van der Waals surface area contributed by atoms with E-state index in [1.165, 1.54) is 6.92 Å². The van der Waals surface area contributed by atoms with Gasteiger partial charge in [0.05, 0.1) is 24.4 Å². The summed E-state index contributed by atoms with van der Waals surface area (Å²) in [6, 6.07) is -0.475. The molecule has 5 fully saturated rings. The largest absolute Gasteiger partial charge is 0.462 e. The number of fused-ring (bicyclic) bond motifs is 2. The first-order chi connectivity index (χ1) is 15.6. The van der Waals surface area contributed by atoms with Gasteiger partial charge in [0.25, 0.3) is 0 Å². The Kier molecular flexibility index (Phi) is 4.48. The van der Waals surface area contributed by atoms with Crippen LogP contribution in [0, 0.1) is 34.5 Å². The van der Waals surface area contributed by atoms with Crippen molar-refractivity contribution in [2.45, 2.75) is 75.3 Å². The number of ether oxygens (including phenoxy) is 3. The first kappa shape index (κ1) is 22.4. The number of aliphatic hydroxyl groups excluding tert-OH is 2. The van der Waals surface area contributed by atoms with E-state index in [-0.39, 0.29) is 35.7 Å². The molecule has 6 aliphatic rings. The second-order valence-corrected chi connectivity index (χ2v) is 11.7. The lowest BCUT2D eigenvalue weighted by Gasteiger charge is -2.68. The van der Waals surface area contributed by atoms with E-state index in [0.717, 1.165) is 0 Å². The molecule has 1 spiro atoms. The predicted molar refractivity (Wildman–Crippen MR) is 117 cm³/mol. The zero-order chi connectivity index (χ0) is 23.7. The van der Waals surface area contributed by atoms with Gasteiger partial charge < -0.3 is 29.5 Å². The van der Waals surface area contributed by atoms with E-state index in [4.69, 9.17) is 14.2 Å². The van der Waals surface area contributed by atoms with Gasteiger partial charge in [-0.05, 0) is 18.9 Å². The maximum Gasteiger partial charge on any atom is 0.302 e. The van der Waals surface area contributed by atoms with Crippen LogP contribution >= 0.6 is 0 Å². The summed E-state index contributed by atoms with van der Waals surface area (Å²) in [7, 11) is 3.24. The number of piperidine rings is 1. The SMILES string of the molecule is CCN1C[C@]2(C)C=C[C@H](O)[C@@]34[C@@H]5C[C@H]6[C@H](OC(C)=O)[C@@H]5[C@](OC)(C[C@@H]6OC)[C@](O)([C@@H](O)[C@@H]32)[C@@H]14. The van der Waals surface area contributed by atoms with E-state index < -0.39 is 46.4 Å². The predicted octanol–water partition coefficient (Wildman–Crippen LogP) is 0.337. The minimum absolute atomic E-state index is 0.0493. The van der Waals surface area contributed by atoms with Crippen molar-refractivity contribution in [2.24, 2.45) is 34.5 Å². The lowest BCUT2D eigenvalue weighted by Crippen LogP contribution is -2.81. The molecule has 33 heavy (non-hydrogen) atoms. The number of nitrogens with zero attached hydrogens (tertiary/aromatic N) is 1. The highest BCUT2D eigenvalue weighted by atomic mass is 16.6. The fourth-order valence-electron chi connectivity index (χ4n) is 10.4. The summed E-state index contributed by atoms with van der Waals surface area (Å²) in [5.41, 5.74) is -4.00. The summed E-state index contributed by atoms with van der Waals surface area (Å²) in [6.07, 6.45) is 2.32. The van der Waals surface area contributed by atoms with Gasteiger partial charge in [0.2, 0.25) is 0 Å². The monoisotopic (exact) mass is 463 g/mol. The van der Waals surface area contributed by atoms with E-state index in [1.54, 1.807) is 14.2 Å². The molecule has 4 saturated carbocycles. The van der Waals surface area contributed by atoms with Gasteiger partial charge in [-0.3, -0.25) is 9.69 Å². The number of esters is 1. The van der Waals surface area contributed by atoms with Crippen LogP contribution < -0.4 is 0 Å². The Morgan fingerprint density at radius 1 is 1.27 bits per heavy atom. The van der Waals surface area contributed by atoms with Crippen molar-refractivity contribution < 1.29 is 34.3 Å². The number of hydrogen-bond acceptors (Lipinski definition) is 8. The third kappa shape index (κ3) is 2.11. The second-order valence-electron chi connectivity index (χ2n) is 11.7. The first-order valence-corrected chi connectivity index (χ1v) is 12.4. The molecule has 0 aromatic rings. The molecule has 6 rings (SSSR count). The average molecular weight is 464 g/mol. The van der Waals surface area contributed by atoms with Crippen LogP contribution in [0.2, 0.25) is 0 Å². The molecule has 13 atom stereocenters. The Balaban J connectivity index is 1.67. The van der Waals surface area contributed by atoms with Crippen LogP contribution in [0.4, 0.5) is 0 Å². The molecule has 0 aromatic carbocycles. The maximum atomic E-state index is 12.8. The summed E-state index contributed by atoms with van der Waals surface area (Å²) >= 11 is 0. The lowest BCUT2D eigenvalue weighted by atomic mass is 9.44. The molecule has 0 aromatic heterocycles. The Morgan fingerprint density at radius 3 is 2.61 bits per heavy atom. The highest BCUT2D eigenvalue weighted by Gasteiger charge is 2.91. The topological polar surface area (TPSA) is 109 Å². The van der Waals surface area contributed by atoms with E-state index in [1.807, 2.05) is 12.2 Å². The first-order valence-electron chi connectivity index (χ1n) is 12.4. The Morgan fingerprint density at radius 2 is 2.00 bits per heavy atom. The van der Waals surface area contributed by atoms with Gasteiger partial charge in [-0.15, -0.1) is 0 Å². The molecule has 8 heteroatoms. The molecule has 7 bridgehead atoms. The van der Waals surface area contributed by atoms with Crippen LogP contribution in [0.25, 0.3) is 0 Å². The zero-order valence-corrected chi connectivity index (χ0v) is 20.1. The van der Waals surface area contributed by atoms with Gasteiger partial charge in [-0.2, -0.15) is 0 Å². The van der Waals surface area contributed by atoms with Crippen LogP contribution in [0.15, 0.2) is 12.2 Å². The van der Waals surface area contributed by atoms with Gasteiger partial charge in [0.15, 0.2) is 0 Å². The van der Waals surface area contributed by atoms with Gasteiger partial charge in [0, 0.05) is 62.7 Å². The van der Waals surface area contributed by atoms with Gasteiger partial charge >= 0.3 is 5.97 Å². The van der Waals surface area contributed by atoms with Crippen molar-refractivity contribution in [3.63, 3.8) is 0 Å². The minimum atomic E-state index is -1.65. The van der Waals surface area contributed by atoms with Crippen LogP contribution in [-0.4, -0.2) is 95.2 Å². The average Bonchev–Trinajstić information content (AvgIpc) is 3.14. The number of aliphatic hydroxyl groups is 3. The van der Waals surface area contributed by atoms with Gasteiger partial charge in [0.1, 0.15) is 17.3 Å². The van der Waals surface area contributed by atoms with E-state index in [0.29, 0.717) is 25.9 Å². The summed E-state index contributed by atoms with van der Waals surface area (Å²) in [4.78, 5) is 14.5. The van der Waals surface area contributed by atoms with E-state index in [2.05, 4.69) is 18.7 Å². The van der Waals surface area contributed by atoms with Crippen molar-refractivity contribution in [3.05, 3.63) is 12.2 Å². The van der Waals surface area contributed by atoms with Crippen LogP contribution in [0.5, 0.6) is 0 Å². The quantitative estimate of drug-likeness (QED) is 0.405. The van der Waals surface area contributed by atoms with E-state index in [9.17, 15) is 20.1 Å². The smallest absolute Gasteiger partial charge is 0.302 e. The second kappa shape index (κ2) is 6.59. The normalized spacial score (nSPS) is 60.2. The minimum Gasteiger partial charge on any atom is -0.462 e. The number of methoxy groups -OCH3 is 2. The molecule has 184 valence electrons. The fourth-order valence-corrected chi connectivity index (χ4v) is 10.4. The van der Waals surface area contributed by atoms with Crippen molar-refractivity contribution in [2.75, 3.05) is 27.3 Å². The van der Waals surface area contributed by atoms with Crippen LogP contribution in [0.1, 0.15) is 33.6 Å². The summed E-state index contributed by atoms with van der Waals surface area (Å²) in [5, 5.41) is 36.6. The standard InChI is InChI=1S/C25H37NO7/c1-6-26-11-22(3)8-7-16(28)24-14-9-13-15(31-4)10-23(32-5,17(14)18(13)33-12(2)27)25(30,21(24)26)20(29)19(22)24/h7-8,13-21,28-30H,6,9-11H2,1-5H3/t13-,14-,15+,16+,17-,18+,19-,20+,21+,22+,23-,24+,25+/m1/s1. The fraction of sp³-hybridized carbons (Fsp3) is 0.880. The molecule has 3 N–H and O–H groups in total. The van der Waals surface area contributed by atoms with Crippen molar-refractivity contribution in [3.8, 4) is 0 Å². The molecule has 0 unspecified atom stereocenters. The lowest BCUT2D eigenvalue weighted by molar-refractivity contribution is -0.316. The molecule has 1 aliphatic heterocycles. The molecular weight excluding hydrogens is 426 g/mol. The van der Waals surface area contributed by atoms with E-state index >= 15 is 0 Å². The zero-order valence-electron chi connectivity index (χ0n) is 20.1. The molecule has 5 aliphatic carbocycles. The molecule has 1 saturated heterocycles. The third-order valence-corrected chi connectivity index (χ3v) is 10.9. The van der Waals surface area contributed by atoms with Gasteiger partial charge in [-0.25, -0.2) is 0 Å². The molecule has 8 nitrogen and oxygen atoms in total. The molecule has 1 heterocycles. The number of carbonyl (C=O) groups is 1. The number of likely N-dealkylation sites (N-methyl/N-ethyl adjacent to an activating group) is 1. The Bertz CT molecular complexity index is 911. The number of rotatable bonds is 4. The summed E-state index contributed by atoms with van der Waals surface area (Å²) < 4.78 is 18.2. The maximum absolute atomic E-state index is 12.8. The van der Waals surface area contributed by atoms with Crippen molar-refractivity contribution in [1.29, 1.82) is 0 Å². The Labute approximate surface area is 194 Å². The molecular formula is C25H37NO7. The summed E-state index contributed by atoms with van der Waals surface area (Å²) in [6.45, 7) is 7.00. The number of likely N-dealkylation sites (tertiary alicyclic amines) is 1. The molecule has 0 amide bonds. The number of hydrogen-bond donors (Lipinski definition) is 3. The van der Waals surface area contributed by atoms with Crippen LogP contribution in [0.3, 0.4) is 0 Å². The molecule has 0 radical (unpaired) electrons. The Hall–Kier alpha value is -1.03. The third-order valence-electron chi connectivity index (χ3n) is 10.9. The van der Waals surface area contributed by atoms with Crippen LogP contribution in [-0.2, 0) is 19.0 Å².